The molecule has 0 saturated heterocycles. The molecule has 0 aliphatic carbocycles. The van der Waals surface area contributed by atoms with Gasteiger partial charge in [0.2, 0.25) is 5.91 Å². The fourth-order valence-corrected chi connectivity index (χ4v) is 4.59. The number of hydrogen-bond acceptors (Lipinski definition) is 6. The Balaban J connectivity index is 1.79. The highest BCUT2D eigenvalue weighted by Gasteiger charge is 2.30. The lowest BCUT2D eigenvalue weighted by Gasteiger charge is -2.27. The molecule has 2 aromatic carbocycles. The molecule has 2 amide bonds. The first-order valence-corrected chi connectivity index (χ1v) is 15.0. The molecule has 42 heavy (non-hydrogen) atoms. The summed E-state index contributed by atoms with van der Waals surface area (Å²) in [4.78, 5) is 38.1. The molecule has 0 spiro atoms. The minimum atomic E-state index is -0.980. The molecular formula is C32H48F2N4O4. The highest BCUT2D eigenvalue weighted by Crippen LogP contribution is 2.13. The standard InChI is InChI=1S/C32H48F2N4O4/c1-3-4-5-6-7-11-19-41-42-31(29(36)20-24-13-9-8-10-14-24)32(40)38(2)18-12-17-37-30(39)23-27(35)22-25-21-26(33)15-16-28(25)34/h8-10,13-16,21,27,29,31H,3-7,11-12,17-20,22-23,35-36H2,1-2H3,(H,37,39). The van der Waals surface area contributed by atoms with Crippen LogP contribution in [0.3, 0.4) is 0 Å². The lowest BCUT2D eigenvalue weighted by molar-refractivity contribution is -0.321. The van der Waals surface area contributed by atoms with Crippen LogP contribution in [0.2, 0.25) is 0 Å². The number of hydrogen-bond donors (Lipinski definition) is 3. The number of likely N-dealkylation sites (N-methyl/N-ethyl adjacent to an activating group) is 1. The molecule has 2 aromatic rings. The van der Waals surface area contributed by atoms with Crippen LogP contribution in [-0.2, 0) is 32.2 Å². The van der Waals surface area contributed by atoms with Gasteiger partial charge in [-0.25, -0.2) is 18.6 Å². The highest BCUT2D eigenvalue weighted by atomic mass is 19.1. The summed E-state index contributed by atoms with van der Waals surface area (Å²) in [5, 5.41) is 2.77. The van der Waals surface area contributed by atoms with Crippen molar-refractivity contribution in [2.45, 2.75) is 89.3 Å². The van der Waals surface area contributed by atoms with Gasteiger partial charge in [-0.1, -0.05) is 69.4 Å². The molecule has 0 aliphatic heterocycles. The number of rotatable bonds is 21. The molecule has 3 unspecified atom stereocenters. The number of nitrogens with zero attached hydrogens (tertiary/aromatic N) is 1. The second-order valence-corrected chi connectivity index (χ2v) is 10.8. The first-order chi connectivity index (χ1) is 20.2. The van der Waals surface area contributed by atoms with Crippen LogP contribution in [0.25, 0.3) is 0 Å². The molecule has 0 radical (unpaired) electrons. The molecule has 2 rings (SSSR count). The fraction of sp³-hybridized carbons (Fsp3) is 0.562. The highest BCUT2D eigenvalue weighted by molar-refractivity contribution is 5.81. The second kappa shape index (κ2) is 20.1. The predicted octanol–water partition coefficient (Wildman–Crippen LogP) is 4.44. The summed E-state index contributed by atoms with van der Waals surface area (Å²) >= 11 is 0. The zero-order valence-electron chi connectivity index (χ0n) is 25.0. The zero-order valence-corrected chi connectivity index (χ0v) is 25.0. The average molecular weight is 591 g/mol. The van der Waals surface area contributed by atoms with Crippen molar-refractivity contribution < 1.29 is 28.1 Å². The third kappa shape index (κ3) is 13.8. The van der Waals surface area contributed by atoms with Crippen LogP contribution in [-0.4, -0.2) is 61.6 Å². The van der Waals surface area contributed by atoms with Crippen LogP contribution in [0.1, 0.15) is 69.4 Å². The lowest BCUT2D eigenvalue weighted by atomic mass is 10.0. The first-order valence-electron chi connectivity index (χ1n) is 15.0. The molecule has 5 N–H and O–H groups in total. The maximum absolute atomic E-state index is 13.8. The largest absolute Gasteiger partial charge is 0.356 e. The van der Waals surface area contributed by atoms with Crippen LogP contribution in [0, 0.1) is 11.6 Å². The van der Waals surface area contributed by atoms with Crippen LogP contribution in [0.15, 0.2) is 48.5 Å². The number of nitrogens with two attached hydrogens (primary N) is 2. The van der Waals surface area contributed by atoms with E-state index in [0.29, 0.717) is 32.5 Å². The molecule has 0 bridgehead atoms. The topological polar surface area (TPSA) is 120 Å². The van der Waals surface area contributed by atoms with Gasteiger partial charge in [-0.3, -0.25) is 9.59 Å². The number of carbonyl (C=O) groups excluding carboxylic acids is 2. The molecule has 0 saturated carbocycles. The van der Waals surface area contributed by atoms with Gasteiger partial charge >= 0.3 is 0 Å². The van der Waals surface area contributed by atoms with E-state index in [-0.39, 0.29) is 30.2 Å². The molecule has 10 heteroatoms. The van der Waals surface area contributed by atoms with Gasteiger partial charge in [-0.2, -0.15) is 0 Å². The monoisotopic (exact) mass is 590 g/mol. The first kappa shape index (κ1) is 35.3. The van der Waals surface area contributed by atoms with Crippen LogP contribution < -0.4 is 16.8 Å². The van der Waals surface area contributed by atoms with E-state index in [2.05, 4.69) is 12.2 Å². The van der Waals surface area contributed by atoms with Gasteiger partial charge in [0.15, 0.2) is 6.10 Å². The summed E-state index contributed by atoms with van der Waals surface area (Å²) in [6, 6.07) is 11.5. The van der Waals surface area contributed by atoms with Gasteiger partial charge in [-0.15, -0.1) is 0 Å². The lowest BCUT2D eigenvalue weighted by Crippen LogP contribution is -2.50. The normalized spacial score (nSPS) is 13.4. The molecule has 3 atom stereocenters. The van der Waals surface area contributed by atoms with Crippen LogP contribution in [0.5, 0.6) is 0 Å². The van der Waals surface area contributed by atoms with Gasteiger partial charge in [-0.05, 0) is 55.0 Å². The molecule has 0 aliphatic rings. The Morgan fingerprint density at radius 2 is 1.67 bits per heavy atom. The molecule has 0 fully saturated rings. The van der Waals surface area contributed by atoms with Gasteiger partial charge in [0.25, 0.3) is 5.91 Å². The maximum atomic E-state index is 13.8. The van der Waals surface area contributed by atoms with Crippen LogP contribution >= 0.6 is 0 Å². The van der Waals surface area contributed by atoms with Crippen LogP contribution in [0.4, 0.5) is 8.78 Å². The molecule has 0 aromatic heterocycles. The van der Waals surface area contributed by atoms with Crippen molar-refractivity contribution in [3.05, 3.63) is 71.3 Å². The van der Waals surface area contributed by atoms with E-state index in [1.807, 2.05) is 30.3 Å². The predicted molar refractivity (Wildman–Crippen MR) is 160 cm³/mol. The summed E-state index contributed by atoms with van der Waals surface area (Å²) in [6.45, 7) is 3.24. The van der Waals surface area contributed by atoms with Gasteiger partial charge in [0.05, 0.1) is 6.61 Å². The van der Waals surface area contributed by atoms with E-state index in [1.54, 1.807) is 7.05 Å². The number of halogens is 2. The van der Waals surface area contributed by atoms with Crippen molar-refractivity contribution in [2.24, 2.45) is 11.5 Å². The molecule has 234 valence electrons. The van der Waals surface area contributed by atoms with Crippen molar-refractivity contribution in [3.63, 3.8) is 0 Å². The minimum Gasteiger partial charge on any atom is -0.356 e. The number of carbonyl (C=O) groups is 2. The molecule has 0 heterocycles. The smallest absolute Gasteiger partial charge is 0.256 e. The van der Waals surface area contributed by atoms with Gasteiger partial charge < -0.3 is 21.7 Å². The van der Waals surface area contributed by atoms with Crippen molar-refractivity contribution in [1.29, 1.82) is 0 Å². The van der Waals surface area contributed by atoms with E-state index in [0.717, 1.165) is 43.0 Å². The Bertz CT molecular complexity index is 1060. The van der Waals surface area contributed by atoms with E-state index in [1.165, 1.54) is 24.2 Å². The summed E-state index contributed by atoms with van der Waals surface area (Å²) in [5.41, 5.74) is 13.5. The molecule has 8 nitrogen and oxygen atoms in total. The summed E-state index contributed by atoms with van der Waals surface area (Å²) in [7, 11) is 1.66. The number of nitrogens with one attached hydrogen (secondary N) is 1. The Hall–Kier alpha value is -2.92. The average Bonchev–Trinajstić information content (AvgIpc) is 2.96. The number of unbranched alkanes of at least 4 members (excludes halogenated alkanes) is 5. The minimum absolute atomic E-state index is 0.0368. The number of amides is 2. The summed E-state index contributed by atoms with van der Waals surface area (Å²) < 4.78 is 27.2. The quantitative estimate of drug-likeness (QED) is 0.112. The van der Waals surface area contributed by atoms with E-state index >= 15 is 0 Å². The SMILES string of the molecule is CCCCCCCCOOC(C(=O)N(C)CCCNC(=O)CC(N)Cc1cc(F)ccc1F)C(N)Cc1ccccc1. The second-order valence-electron chi connectivity index (χ2n) is 10.8. The summed E-state index contributed by atoms with van der Waals surface area (Å²) in [6.07, 6.45) is 6.60. The van der Waals surface area contributed by atoms with E-state index < -0.39 is 29.8 Å². The fourth-order valence-electron chi connectivity index (χ4n) is 4.59. The van der Waals surface area contributed by atoms with Crippen molar-refractivity contribution in [3.8, 4) is 0 Å². The van der Waals surface area contributed by atoms with E-state index in [9.17, 15) is 18.4 Å². The van der Waals surface area contributed by atoms with Gasteiger partial charge in [0, 0.05) is 38.6 Å². The number of benzene rings is 2. The Labute approximate surface area is 249 Å². The van der Waals surface area contributed by atoms with Crippen molar-refractivity contribution in [1.82, 2.24) is 10.2 Å². The van der Waals surface area contributed by atoms with Crippen molar-refractivity contribution >= 4 is 11.8 Å². The Morgan fingerprint density at radius 3 is 2.40 bits per heavy atom. The van der Waals surface area contributed by atoms with Crippen molar-refractivity contribution in [2.75, 3.05) is 26.7 Å². The third-order valence-electron chi connectivity index (χ3n) is 7.01. The Morgan fingerprint density at radius 1 is 0.952 bits per heavy atom. The summed E-state index contributed by atoms with van der Waals surface area (Å²) in [5.74, 6) is -1.72. The molecular weight excluding hydrogens is 542 g/mol. The maximum Gasteiger partial charge on any atom is 0.256 e. The Kier molecular flexibility index (Phi) is 16.9. The third-order valence-corrected chi connectivity index (χ3v) is 7.01. The van der Waals surface area contributed by atoms with E-state index in [4.69, 9.17) is 21.2 Å². The van der Waals surface area contributed by atoms with Gasteiger partial charge in [0.1, 0.15) is 11.6 Å². The zero-order chi connectivity index (χ0) is 30.7.